The zero-order valence-electron chi connectivity index (χ0n) is 12.8. The number of sulfonamides is 1. The SMILES string of the molecule is O=C(COc1ccccc1F)NCCCN1CCCCS1(=O)=O. The molecule has 0 saturated carbocycles. The maximum atomic E-state index is 13.3. The van der Waals surface area contributed by atoms with Gasteiger partial charge in [-0.15, -0.1) is 0 Å². The Hall–Kier alpha value is -1.67. The van der Waals surface area contributed by atoms with Gasteiger partial charge in [0, 0.05) is 19.6 Å². The van der Waals surface area contributed by atoms with E-state index in [4.69, 9.17) is 4.74 Å². The number of amides is 1. The molecule has 0 spiro atoms. The van der Waals surface area contributed by atoms with Gasteiger partial charge in [-0.25, -0.2) is 17.1 Å². The summed E-state index contributed by atoms with van der Waals surface area (Å²) in [4.78, 5) is 11.6. The highest BCUT2D eigenvalue weighted by molar-refractivity contribution is 7.89. The first-order valence-corrected chi connectivity index (χ1v) is 9.22. The van der Waals surface area contributed by atoms with Crippen LogP contribution in [0, 0.1) is 5.82 Å². The molecule has 0 unspecified atom stereocenters. The van der Waals surface area contributed by atoms with Crippen LogP contribution in [0.25, 0.3) is 0 Å². The zero-order valence-corrected chi connectivity index (χ0v) is 13.6. The maximum absolute atomic E-state index is 13.3. The van der Waals surface area contributed by atoms with Crippen LogP contribution in [0.4, 0.5) is 4.39 Å². The van der Waals surface area contributed by atoms with E-state index >= 15 is 0 Å². The molecule has 1 amide bonds. The number of carbonyl (C=O) groups excluding carboxylic acids is 1. The summed E-state index contributed by atoms with van der Waals surface area (Å²) >= 11 is 0. The summed E-state index contributed by atoms with van der Waals surface area (Å²) in [6, 6.07) is 5.86. The third kappa shape index (κ3) is 5.47. The minimum Gasteiger partial charge on any atom is -0.481 e. The molecule has 6 nitrogen and oxygen atoms in total. The summed E-state index contributed by atoms with van der Waals surface area (Å²) in [6.45, 7) is 1.03. The van der Waals surface area contributed by atoms with Crippen LogP contribution in [0.5, 0.6) is 5.75 Å². The molecule has 1 heterocycles. The Morgan fingerprint density at radius 2 is 2.09 bits per heavy atom. The van der Waals surface area contributed by atoms with Crippen LogP contribution >= 0.6 is 0 Å². The molecule has 1 aromatic carbocycles. The van der Waals surface area contributed by atoms with E-state index in [1.165, 1.54) is 22.5 Å². The number of halogens is 1. The Kier molecular flexibility index (Phi) is 6.35. The average Bonchev–Trinajstić information content (AvgIpc) is 2.52. The molecule has 0 radical (unpaired) electrons. The van der Waals surface area contributed by atoms with Crippen LogP contribution in [0.2, 0.25) is 0 Å². The van der Waals surface area contributed by atoms with Crippen LogP contribution < -0.4 is 10.1 Å². The summed E-state index contributed by atoms with van der Waals surface area (Å²) in [5.41, 5.74) is 0. The number of nitrogens with one attached hydrogen (secondary N) is 1. The second-order valence-electron chi connectivity index (χ2n) is 5.34. The minimum atomic E-state index is -3.12. The van der Waals surface area contributed by atoms with Crippen molar-refractivity contribution in [3.8, 4) is 5.75 Å². The number of hydrogen-bond donors (Lipinski definition) is 1. The van der Waals surface area contributed by atoms with Crippen molar-refractivity contribution in [1.82, 2.24) is 9.62 Å². The minimum absolute atomic E-state index is 0.0297. The predicted molar refractivity (Wildman–Crippen MR) is 84.1 cm³/mol. The monoisotopic (exact) mass is 344 g/mol. The molecule has 2 rings (SSSR count). The molecule has 1 aliphatic rings. The van der Waals surface area contributed by atoms with E-state index in [9.17, 15) is 17.6 Å². The van der Waals surface area contributed by atoms with E-state index in [1.807, 2.05) is 0 Å². The Morgan fingerprint density at radius 1 is 1.30 bits per heavy atom. The summed E-state index contributed by atoms with van der Waals surface area (Å²) in [7, 11) is -3.12. The molecule has 1 aliphatic heterocycles. The predicted octanol–water partition coefficient (Wildman–Crippen LogP) is 1.14. The highest BCUT2D eigenvalue weighted by atomic mass is 32.2. The van der Waals surface area contributed by atoms with E-state index in [0.717, 1.165) is 6.42 Å². The van der Waals surface area contributed by atoms with E-state index in [2.05, 4.69) is 5.32 Å². The molecule has 0 atom stereocenters. The molecule has 23 heavy (non-hydrogen) atoms. The Labute approximate surface area is 135 Å². The number of nitrogens with zero attached hydrogens (tertiary/aromatic N) is 1. The summed E-state index contributed by atoms with van der Waals surface area (Å²) < 4.78 is 43.4. The molecule has 8 heteroatoms. The molecular formula is C15H21FN2O4S. The fourth-order valence-electron chi connectivity index (χ4n) is 2.33. The number of rotatable bonds is 7. The van der Waals surface area contributed by atoms with E-state index < -0.39 is 15.8 Å². The second-order valence-corrected chi connectivity index (χ2v) is 7.43. The van der Waals surface area contributed by atoms with Gasteiger partial charge in [-0.05, 0) is 31.4 Å². The number of carbonyl (C=O) groups is 1. The topological polar surface area (TPSA) is 75.7 Å². The van der Waals surface area contributed by atoms with Crippen molar-refractivity contribution in [3.63, 3.8) is 0 Å². The lowest BCUT2D eigenvalue weighted by Crippen LogP contribution is -2.39. The van der Waals surface area contributed by atoms with Gasteiger partial charge in [0.25, 0.3) is 5.91 Å². The summed E-state index contributed by atoms with van der Waals surface area (Å²) in [6.07, 6.45) is 2.12. The number of para-hydroxylation sites is 1. The Morgan fingerprint density at radius 3 is 2.83 bits per heavy atom. The van der Waals surface area contributed by atoms with Gasteiger partial charge >= 0.3 is 0 Å². The molecular weight excluding hydrogens is 323 g/mol. The first kappa shape index (κ1) is 17.7. The normalized spacial score (nSPS) is 17.6. The van der Waals surface area contributed by atoms with Crippen molar-refractivity contribution in [2.24, 2.45) is 0 Å². The van der Waals surface area contributed by atoms with Crippen LogP contribution in [0.3, 0.4) is 0 Å². The van der Waals surface area contributed by atoms with Crippen molar-refractivity contribution >= 4 is 15.9 Å². The second kappa shape index (κ2) is 8.26. The lowest BCUT2D eigenvalue weighted by atomic mass is 10.3. The van der Waals surface area contributed by atoms with Gasteiger partial charge in [-0.1, -0.05) is 12.1 Å². The first-order chi connectivity index (χ1) is 11.0. The van der Waals surface area contributed by atoms with Gasteiger partial charge in [-0.3, -0.25) is 4.79 Å². The van der Waals surface area contributed by atoms with Gasteiger partial charge in [0.05, 0.1) is 5.75 Å². The Balaban J connectivity index is 1.64. The number of hydrogen-bond acceptors (Lipinski definition) is 4. The zero-order chi connectivity index (χ0) is 16.7. The van der Waals surface area contributed by atoms with Crippen molar-refractivity contribution < 1.29 is 22.3 Å². The average molecular weight is 344 g/mol. The number of benzene rings is 1. The first-order valence-electron chi connectivity index (χ1n) is 7.61. The van der Waals surface area contributed by atoms with Crippen molar-refractivity contribution in [3.05, 3.63) is 30.1 Å². The fraction of sp³-hybridized carbons (Fsp3) is 0.533. The molecule has 1 fully saturated rings. The van der Waals surface area contributed by atoms with Gasteiger partial charge in [-0.2, -0.15) is 0 Å². The van der Waals surface area contributed by atoms with Crippen LogP contribution in [-0.4, -0.2) is 50.6 Å². The van der Waals surface area contributed by atoms with Gasteiger partial charge in [0.15, 0.2) is 18.2 Å². The van der Waals surface area contributed by atoms with Gasteiger partial charge in [0.2, 0.25) is 10.0 Å². The summed E-state index contributed by atoms with van der Waals surface area (Å²) in [5, 5.41) is 2.63. The van der Waals surface area contributed by atoms with E-state index in [-0.39, 0.29) is 24.0 Å². The molecule has 128 valence electrons. The maximum Gasteiger partial charge on any atom is 0.257 e. The van der Waals surface area contributed by atoms with Crippen LogP contribution in [0.1, 0.15) is 19.3 Å². The molecule has 0 bridgehead atoms. The van der Waals surface area contributed by atoms with Crippen LogP contribution in [0.15, 0.2) is 24.3 Å². The Bertz CT molecular complexity index is 636. The van der Waals surface area contributed by atoms with Gasteiger partial charge in [0.1, 0.15) is 0 Å². The molecule has 0 aliphatic carbocycles. The highest BCUT2D eigenvalue weighted by Gasteiger charge is 2.24. The highest BCUT2D eigenvalue weighted by Crippen LogP contribution is 2.15. The summed E-state index contributed by atoms with van der Waals surface area (Å²) in [5.74, 6) is -0.650. The van der Waals surface area contributed by atoms with E-state index in [0.29, 0.717) is 32.5 Å². The third-order valence-corrected chi connectivity index (χ3v) is 5.51. The number of ether oxygens (including phenoxy) is 1. The van der Waals surface area contributed by atoms with E-state index in [1.54, 1.807) is 6.07 Å². The fourth-order valence-corrected chi connectivity index (χ4v) is 3.97. The molecule has 1 N–H and O–H groups in total. The smallest absolute Gasteiger partial charge is 0.257 e. The van der Waals surface area contributed by atoms with Crippen LogP contribution in [-0.2, 0) is 14.8 Å². The molecule has 0 aromatic heterocycles. The van der Waals surface area contributed by atoms with Gasteiger partial charge < -0.3 is 10.1 Å². The quantitative estimate of drug-likeness (QED) is 0.753. The van der Waals surface area contributed by atoms with Crippen molar-refractivity contribution in [1.29, 1.82) is 0 Å². The lowest BCUT2D eigenvalue weighted by molar-refractivity contribution is -0.123. The standard InChI is InChI=1S/C15H21FN2O4S/c16-13-6-1-2-7-14(13)22-12-15(19)17-8-5-10-18-9-3-4-11-23(18,20)21/h1-2,6-7H,3-5,8-12H2,(H,17,19). The lowest BCUT2D eigenvalue weighted by Gasteiger charge is -2.26. The third-order valence-electron chi connectivity index (χ3n) is 3.56. The largest absolute Gasteiger partial charge is 0.481 e. The molecule has 1 saturated heterocycles. The van der Waals surface area contributed by atoms with Crippen molar-refractivity contribution in [2.75, 3.05) is 32.0 Å². The molecule has 1 aromatic rings. The van der Waals surface area contributed by atoms with Crippen molar-refractivity contribution in [2.45, 2.75) is 19.3 Å².